The number of allylic oxidation sites excluding steroid dienone is 2. The molecule has 1 aromatic heterocycles. The van der Waals surface area contributed by atoms with Crippen LogP contribution in [-0.2, 0) is 0 Å². The number of anilines is 1. The van der Waals surface area contributed by atoms with Crippen LogP contribution in [0.1, 0.15) is 19.3 Å². The first-order valence-electron chi connectivity index (χ1n) is 7.44. The normalized spacial score (nSPS) is 24.6. The average molecular weight is 257 g/mol. The zero-order chi connectivity index (χ0) is 12.9. The Hall–Kier alpha value is -1.35. The van der Waals surface area contributed by atoms with E-state index in [2.05, 4.69) is 33.0 Å². The minimum Gasteiger partial charge on any atom is -0.368 e. The van der Waals surface area contributed by atoms with Gasteiger partial charge in [-0.3, -0.25) is 9.88 Å². The highest BCUT2D eigenvalue weighted by Gasteiger charge is 2.20. The van der Waals surface area contributed by atoms with Crippen LogP contribution < -0.4 is 4.90 Å². The highest BCUT2D eigenvalue weighted by atomic mass is 15.3. The van der Waals surface area contributed by atoms with Crippen LogP contribution >= 0.6 is 0 Å². The molecule has 2 heterocycles. The van der Waals surface area contributed by atoms with E-state index in [1.54, 1.807) is 0 Å². The Morgan fingerprint density at radius 3 is 2.74 bits per heavy atom. The maximum atomic E-state index is 4.21. The predicted octanol–water partition coefficient (Wildman–Crippen LogP) is 2.56. The lowest BCUT2D eigenvalue weighted by Gasteiger charge is -2.37. The van der Waals surface area contributed by atoms with E-state index in [1.165, 1.54) is 44.6 Å². The Morgan fingerprint density at radius 1 is 1.16 bits per heavy atom. The Kier molecular flexibility index (Phi) is 4.13. The van der Waals surface area contributed by atoms with Crippen LogP contribution in [0.15, 0.2) is 36.7 Å². The quantitative estimate of drug-likeness (QED) is 0.776. The van der Waals surface area contributed by atoms with Gasteiger partial charge in [-0.15, -0.1) is 0 Å². The summed E-state index contributed by atoms with van der Waals surface area (Å²) in [5.41, 5.74) is 1.27. The van der Waals surface area contributed by atoms with E-state index in [0.29, 0.717) is 0 Å². The van der Waals surface area contributed by atoms with Gasteiger partial charge in [0.25, 0.3) is 0 Å². The zero-order valence-electron chi connectivity index (χ0n) is 11.5. The van der Waals surface area contributed by atoms with Gasteiger partial charge in [0.2, 0.25) is 0 Å². The molecule has 0 radical (unpaired) electrons. The molecule has 0 saturated carbocycles. The molecule has 1 fully saturated rings. The molecule has 3 rings (SSSR count). The van der Waals surface area contributed by atoms with Crippen LogP contribution in [0.3, 0.4) is 0 Å². The maximum Gasteiger partial charge on any atom is 0.0553 e. The van der Waals surface area contributed by atoms with E-state index >= 15 is 0 Å². The number of aromatic nitrogens is 1. The van der Waals surface area contributed by atoms with Gasteiger partial charge in [0.15, 0.2) is 0 Å². The maximum absolute atomic E-state index is 4.21. The van der Waals surface area contributed by atoms with Gasteiger partial charge in [-0.05, 0) is 37.3 Å². The summed E-state index contributed by atoms with van der Waals surface area (Å²) in [6.07, 6.45) is 12.4. The Labute approximate surface area is 115 Å². The second-order valence-corrected chi connectivity index (χ2v) is 5.65. The molecule has 1 aromatic rings. The summed E-state index contributed by atoms with van der Waals surface area (Å²) in [6.45, 7) is 5.93. The second-order valence-electron chi connectivity index (χ2n) is 5.65. The van der Waals surface area contributed by atoms with E-state index < -0.39 is 0 Å². The van der Waals surface area contributed by atoms with Gasteiger partial charge in [0, 0.05) is 38.9 Å². The fraction of sp³-hybridized carbons (Fsp3) is 0.562. The van der Waals surface area contributed by atoms with Crippen molar-refractivity contribution in [3.8, 4) is 0 Å². The van der Waals surface area contributed by atoms with Gasteiger partial charge < -0.3 is 4.90 Å². The lowest BCUT2D eigenvalue weighted by molar-refractivity contribution is 0.211. The largest absolute Gasteiger partial charge is 0.368 e. The molecule has 19 heavy (non-hydrogen) atoms. The van der Waals surface area contributed by atoms with Crippen LogP contribution in [0.25, 0.3) is 0 Å². The van der Waals surface area contributed by atoms with Crippen LogP contribution in [0.4, 0.5) is 5.69 Å². The zero-order valence-corrected chi connectivity index (χ0v) is 11.5. The van der Waals surface area contributed by atoms with Crippen molar-refractivity contribution in [3.63, 3.8) is 0 Å². The van der Waals surface area contributed by atoms with Crippen molar-refractivity contribution in [1.29, 1.82) is 0 Å². The summed E-state index contributed by atoms with van der Waals surface area (Å²) in [7, 11) is 0. The monoisotopic (exact) mass is 257 g/mol. The van der Waals surface area contributed by atoms with Crippen molar-refractivity contribution in [2.75, 3.05) is 37.6 Å². The Bertz CT molecular complexity index is 407. The molecule has 1 saturated heterocycles. The molecule has 1 unspecified atom stereocenters. The fourth-order valence-electron chi connectivity index (χ4n) is 3.12. The number of hydrogen-bond acceptors (Lipinski definition) is 3. The average Bonchev–Trinajstić information content (AvgIpc) is 2.50. The molecule has 0 bridgehead atoms. The van der Waals surface area contributed by atoms with Crippen molar-refractivity contribution in [3.05, 3.63) is 36.7 Å². The van der Waals surface area contributed by atoms with Crippen LogP contribution in [0, 0.1) is 5.92 Å². The summed E-state index contributed by atoms with van der Waals surface area (Å²) in [4.78, 5) is 9.29. The van der Waals surface area contributed by atoms with Crippen molar-refractivity contribution in [2.24, 2.45) is 5.92 Å². The number of nitrogens with zero attached hydrogens (tertiary/aromatic N) is 3. The highest BCUT2D eigenvalue weighted by Crippen LogP contribution is 2.21. The summed E-state index contributed by atoms with van der Waals surface area (Å²) in [6, 6.07) is 4.19. The molecule has 102 valence electrons. The third-order valence-electron chi connectivity index (χ3n) is 4.28. The SMILES string of the molecule is C1=CCC(CN2CCN(c3cccnc3)CC2)CC1. The molecule has 3 heteroatoms. The van der Waals surface area contributed by atoms with Crippen molar-refractivity contribution in [1.82, 2.24) is 9.88 Å². The minimum absolute atomic E-state index is 0.884. The lowest BCUT2D eigenvalue weighted by atomic mass is 9.94. The smallest absolute Gasteiger partial charge is 0.0553 e. The van der Waals surface area contributed by atoms with E-state index in [-0.39, 0.29) is 0 Å². The van der Waals surface area contributed by atoms with Crippen molar-refractivity contribution < 1.29 is 0 Å². The second kappa shape index (κ2) is 6.20. The van der Waals surface area contributed by atoms with E-state index in [0.717, 1.165) is 19.0 Å². The molecular weight excluding hydrogens is 234 g/mol. The molecule has 0 amide bonds. The molecule has 1 aliphatic carbocycles. The first-order valence-corrected chi connectivity index (χ1v) is 7.44. The Balaban J connectivity index is 1.48. The Morgan fingerprint density at radius 2 is 2.05 bits per heavy atom. The number of piperazine rings is 1. The molecule has 1 aliphatic heterocycles. The lowest BCUT2D eigenvalue weighted by Crippen LogP contribution is -2.47. The van der Waals surface area contributed by atoms with E-state index in [1.807, 2.05) is 18.5 Å². The van der Waals surface area contributed by atoms with Crippen LogP contribution in [0.2, 0.25) is 0 Å². The highest BCUT2D eigenvalue weighted by molar-refractivity contribution is 5.43. The third-order valence-corrected chi connectivity index (χ3v) is 4.28. The summed E-state index contributed by atoms with van der Waals surface area (Å²) in [5, 5.41) is 0. The molecular formula is C16H23N3. The molecule has 3 nitrogen and oxygen atoms in total. The standard InChI is InChI=1S/C16H23N3/c1-2-5-15(6-3-1)14-18-9-11-19(12-10-18)16-7-4-8-17-13-16/h1-2,4,7-8,13,15H,3,5-6,9-12,14H2. The van der Waals surface area contributed by atoms with Gasteiger partial charge in [0.1, 0.15) is 0 Å². The van der Waals surface area contributed by atoms with Crippen molar-refractivity contribution >= 4 is 5.69 Å². The summed E-state index contributed by atoms with van der Waals surface area (Å²) >= 11 is 0. The van der Waals surface area contributed by atoms with E-state index in [9.17, 15) is 0 Å². The number of rotatable bonds is 3. The molecule has 1 atom stereocenters. The van der Waals surface area contributed by atoms with Crippen LogP contribution in [0.5, 0.6) is 0 Å². The summed E-state index contributed by atoms with van der Waals surface area (Å²) < 4.78 is 0. The number of hydrogen-bond donors (Lipinski definition) is 0. The molecule has 0 N–H and O–H groups in total. The van der Waals surface area contributed by atoms with Crippen LogP contribution in [-0.4, -0.2) is 42.6 Å². The fourth-order valence-corrected chi connectivity index (χ4v) is 3.12. The van der Waals surface area contributed by atoms with Gasteiger partial charge >= 0.3 is 0 Å². The third kappa shape index (κ3) is 3.35. The molecule has 0 spiro atoms. The summed E-state index contributed by atoms with van der Waals surface area (Å²) in [5.74, 6) is 0.884. The molecule has 2 aliphatic rings. The minimum atomic E-state index is 0.884. The molecule has 0 aromatic carbocycles. The van der Waals surface area contributed by atoms with Gasteiger partial charge in [-0.2, -0.15) is 0 Å². The first-order chi connectivity index (χ1) is 9.42. The van der Waals surface area contributed by atoms with Gasteiger partial charge in [0.05, 0.1) is 11.9 Å². The van der Waals surface area contributed by atoms with E-state index in [4.69, 9.17) is 0 Å². The van der Waals surface area contributed by atoms with Gasteiger partial charge in [-0.25, -0.2) is 0 Å². The topological polar surface area (TPSA) is 19.4 Å². The predicted molar refractivity (Wildman–Crippen MR) is 79.4 cm³/mol. The van der Waals surface area contributed by atoms with Crippen molar-refractivity contribution in [2.45, 2.75) is 19.3 Å². The van der Waals surface area contributed by atoms with Gasteiger partial charge in [-0.1, -0.05) is 12.2 Å². The number of pyridine rings is 1. The first kappa shape index (κ1) is 12.7.